The monoisotopic (exact) mass is 734 g/mol. The van der Waals surface area contributed by atoms with Crippen LogP contribution in [0.15, 0.2) is 78.9 Å². The molecule has 0 amide bonds. The highest BCUT2D eigenvalue weighted by molar-refractivity contribution is 7.99. The van der Waals surface area contributed by atoms with E-state index < -0.39 is 17.1 Å². The molecule has 0 saturated heterocycles. The Bertz CT molecular complexity index is 1220. The second-order valence-electron chi connectivity index (χ2n) is 14.1. The minimum absolute atomic E-state index is 0.232. The van der Waals surface area contributed by atoms with Gasteiger partial charge in [-0.2, -0.15) is 0 Å². The molecule has 0 aliphatic rings. The summed E-state index contributed by atoms with van der Waals surface area (Å²) in [6, 6.07) is 26.6. The first-order chi connectivity index (χ1) is 25.6. The van der Waals surface area contributed by atoms with E-state index in [1.54, 1.807) is 26.0 Å². The molecule has 3 aromatic rings. The lowest BCUT2D eigenvalue weighted by Crippen LogP contribution is -2.39. The minimum Gasteiger partial charge on any atom is -0.497 e. The van der Waals surface area contributed by atoms with Crippen LogP contribution in [0.25, 0.3) is 0 Å². The van der Waals surface area contributed by atoms with Crippen molar-refractivity contribution >= 4 is 11.8 Å². The van der Waals surface area contributed by atoms with Crippen molar-refractivity contribution in [2.24, 2.45) is 0 Å². The minimum atomic E-state index is -0.958. The van der Waals surface area contributed by atoms with Gasteiger partial charge in [0.2, 0.25) is 0 Å². The molecule has 0 aliphatic carbocycles. The summed E-state index contributed by atoms with van der Waals surface area (Å²) in [4.78, 5) is 0. The third-order valence-corrected chi connectivity index (χ3v) is 11.2. The third-order valence-electron chi connectivity index (χ3n) is 10.1. The maximum Gasteiger partial charge on any atom is 0.143 e. The molecule has 290 valence electrons. The van der Waals surface area contributed by atoms with Gasteiger partial charge in [-0.15, -0.1) is 11.8 Å². The molecule has 1 unspecified atom stereocenters. The van der Waals surface area contributed by atoms with Crippen molar-refractivity contribution in [3.05, 3.63) is 95.6 Å². The SMILES string of the molecule is CCCCCCCCCCCCS[C@H](O)C(COC(c1ccccc1)(c1ccc(OC)cc1)c1ccc(OC)cc1)OCCCCCCCCCC. The molecule has 0 bridgehead atoms. The number of methoxy groups -OCH3 is 2. The van der Waals surface area contributed by atoms with Gasteiger partial charge >= 0.3 is 0 Å². The molecule has 6 heteroatoms. The number of aliphatic hydroxyl groups is 1. The lowest BCUT2D eigenvalue weighted by molar-refractivity contribution is -0.0886. The van der Waals surface area contributed by atoms with Gasteiger partial charge in [0.05, 0.1) is 20.8 Å². The number of aliphatic hydroxyl groups excluding tert-OH is 1. The van der Waals surface area contributed by atoms with Crippen LogP contribution in [0.5, 0.6) is 11.5 Å². The van der Waals surface area contributed by atoms with Crippen LogP contribution in [-0.2, 0) is 15.1 Å². The lowest BCUT2D eigenvalue weighted by atomic mass is 9.80. The fraction of sp³-hybridized carbons (Fsp3) is 0.609. The summed E-state index contributed by atoms with van der Waals surface area (Å²) in [7, 11) is 3.37. The molecule has 0 radical (unpaired) electrons. The summed E-state index contributed by atoms with van der Waals surface area (Å²) in [5, 5.41) is 11.6. The van der Waals surface area contributed by atoms with E-state index in [9.17, 15) is 5.11 Å². The number of benzene rings is 3. The van der Waals surface area contributed by atoms with Gasteiger partial charge in [-0.1, -0.05) is 171 Å². The maximum atomic E-state index is 11.6. The summed E-state index contributed by atoms with van der Waals surface area (Å²) in [5.41, 5.74) is 1.30. The van der Waals surface area contributed by atoms with E-state index in [1.807, 2.05) is 42.5 Å². The highest BCUT2D eigenvalue weighted by Gasteiger charge is 2.39. The molecule has 0 fully saturated rings. The van der Waals surface area contributed by atoms with Crippen molar-refractivity contribution in [2.75, 3.05) is 33.2 Å². The Morgan fingerprint density at radius 2 is 0.962 bits per heavy atom. The maximum absolute atomic E-state index is 11.6. The van der Waals surface area contributed by atoms with Crippen LogP contribution in [0.2, 0.25) is 0 Å². The first kappa shape index (κ1) is 43.9. The molecule has 0 heterocycles. The van der Waals surface area contributed by atoms with Crippen molar-refractivity contribution in [2.45, 2.75) is 147 Å². The van der Waals surface area contributed by atoms with Crippen LogP contribution < -0.4 is 9.47 Å². The molecule has 0 aliphatic heterocycles. The second-order valence-corrected chi connectivity index (χ2v) is 15.4. The van der Waals surface area contributed by atoms with Gasteiger partial charge in [-0.3, -0.25) is 0 Å². The van der Waals surface area contributed by atoms with Crippen LogP contribution >= 0.6 is 11.8 Å². The van der Waals surface area contributed by atoms with E-state index in [0.717, 1.165) is 53.2 Å². The Hall–Kier alpha value is -2.51. The Morgan fingerprint density at radius 3 is 1.42 bits per heavy atom. The molecular formula is C46H70O5S. The molecule has 3 aromatic carbocycles. The van der Waals surface area contributed by atoms with Gasteiger partial charge in [0.1, 0.15) is 28.6 Å². The molecule has 2 atom stereocenters. The Labute approximate surface area is 321 Å². The fourth-order valence-electron chi connectivity index (χ4n) is 6.87. The zero-order chi connectivity index (χ0) is 37.1. The van der Waals surface area contributed by atoms with E-state index in [2.05, 4.69) is 50.2 Å². The van der Waals surface area contributed by atoms with Crippen LogP contribution in [0.1, 0.15) is 146 Å². The average molecular weight is 735 g/mol. The molecular weight excluding hydrogens is 665 g/mol. The van der Waals surface area contributed by atoms with Crippen LogP contribution in [0.3, 0.4) is 0 Å². The molecule has 3 rings (SSSR count). The predicted molar refractivity (Wildman–Crippen MR) is 221 cm³/mol. The van der Waals surface area contributed by atoms with Crippen molar-refractivity contribution < 1.29 is 24.1 Å². The van der Waals surface area contributed by atoms with Crippen LogP contribution in [0.4, 0.5) is 0 Å². The topological polar surface area (TPSA) is 57.2 Å². The number of hydrogen-bond acceptors (Lipinski definition) is 6. The normalized spacial score (nSPS) is 12.9. The largest absolute Gasteiger partial charge is 0.497 e. The van der Waals surface area contributed by atoms with Gasteiger partial charge < -0.3 is 24.1 Å². The average Bonchev–Trinajstić information content (AvgIpc) is 3.19. The van der Waals surface area contributed by atoms with Gasteiger partial charge in [-0.25, -0.2) is 0 Å². The molecule has 0 spiro atoms. The van der Waals surface area contributed by atoms with Crippen LogP contribution in [-0.4, -0.2) is 49.8 Å². The molecule has 52 heavy (non-hydrogen) atoms. The number of ether oxygens (including phenoxy) is 4. The van der Waals surface area contributed by atoms with E-state index >= 15 is 0 Å². The van der Waals surface area contributed by atoms with Gasteiger partial charge in [0, 0.05) is 6.61 Å². The smallest absolute Gasteiger partial charge is 0.143 e. The summed E-state index contributed by atoms with van der Waals surface area (Å²) in [6.45, 7) is 5.38. The van der Waals surface area contributed by atoms with Crippen molar-refractivity contribution in [3.63, 3.8) is 0 Å². The summed E-state index contributed by atoms with van der Waals surface area (Å²) in [5.74, 6) is 2.48. The van der Waals surface area contributed by atoms with Crippen LogP contribution in [0, 0.1) is 0 Å². The number of thioether (sulfide) groups is 1. The number of rotatable bonds is 31. The summed E-state index contributed by atoms with van der Waals surface area (Å²) in [6.07, 6.45) is 22.5. The zero-order valence-corrected chi connectivity index (χ0v) is 33.8. The number of unbranched alkanes of at least 4 members (excludes halogenated alkanes) is 16. The van der Waals surface area contributed by atoms with Crippen molar-refractivity contribution in [3.8, 4) is 11.5 Å². The third kappa shape index (κ3) is 15.5. The Kier molecular flexibility index (Phi) is 22.9. The van der Waals surface area contributed by atoms with E-state index in [0.29, 0.717) is 6.61 Å². The van der Waals surface area contributed by atoms with Gasteiger partial charge in [0.15, 0.2) is 0 Å². The quantitative estimate of drug-likeness (QED) is 0.0403. The molecule has 0 aromatic heterocycles. The predicted octanol–water partition coefficient (Wildman–Crippen LogP) is 12.5. The highest BCUT2D eigenvalue weighted by atomic mass is 32.2. The van der Waals surface area contributed by atoms with Gasteiger partial charge in [0.25, 0.3) is 0 Å². The second kappa shape index (κ2) is 27.1. The van der Waals surface area contributed by atoms with Crippen molar-refractivity contribution in [1.82, 2.24) is 0 Å². The Balaban J connectivity index is 1.74. The number of hydrogen-bond donors (Lipinski definition) is 1. The van der Waals surface area contributed by atoms with Crippen molar-refractivity contribution in [1.29, 1.82) is 0 Å². The first-order valence-corrected chi connectivity index (χ1v) is 21.5. The van der Waals surface area contributed by atoms with E-state index in [1.165, 1.54) is 96.3 Å². The van der Waals surface area contributed by atoms with E-state index in [4.69, 9.17) is 18.9 Å². The fourth-order valence-corrected chi connectivity index (χ4v) is 7.85. The summed E-state index contributed by atoms with van der Waals surface area (Å²) >= 11 is 1.61. The molecule has 1 N–H and O–H groups in total. The Morgan fingerprint density at radius 1 is 0.538 bits per heavy atom. The first-order valence-electron chi connectivity index (χ1n) is 20.5. The highest BCUT2D eigenvalue weighted by Crippen LogP contribution is 2.42. The lowest BCUT2D eigenvalue weighted by Gasteiger charge is -2.37. The zero-order valence-electron chi connectivity index (χ0n) is 33.0. The standard InChI is InChI=1S/C46H70O5S/c1-5-7-9-11-13-15-16-18-20-25-37-52-45(47)44(50-36-24-19-17-14-12-10-8-6-2)38-51-46(39-26-22-21-23-27-39,40-28-32-42(48-3)33-29-40)41-30-34-43(49-4)35-31-41/h21-23,26-35,44-45,47H,5-20,24-25,36-38H2,1-4H3/t44?,45-/m0/s1. The molecule has 5 nitrogen and oxygen atoms in total. The van der Waals surface area contributed by atoms with E-state index in [-0.39, 0.29) is 6.61 Å². The molecule has 0 saturated carbocycles. The van der Waals surface area contributed by atoms with Gasteiger partial charge in [-0.05, 0) is 59.6 Å². The summed E-state index contributed by atoms with van der Waals surface area (Å²) < 4.78 is 24.8.